The van der Waals surface area contributed by atoms with Gasteiger partial charge in [-0.2, -0.15) is 26.3 Å². The van der Waals surface area contributed by atoms with Gasteiger partial charge in [0.25, 0.3) is 0 Å². The molecular formula is C18H20F6Si. The Kier molecular flexibility index (Phi) is 5.56. The molecule has 0 saturated carbocycles. The maximum absolute atomic E-state index is 13.1. The highest BCUT2D eigenvalue weighted by molar-refractivity contribution is 6.65. The molecule has 0 unspecified atom stereocenters. The van der Waals surface area contributed by atoms with Crippen LogP contribution in [-0.2, 0) is 12.4 Å². The molecule has 25 heavy (non-hydrogen) atoms. The van der Waals surface area contributed by atoms with Crippen molar-refractivity contribution in [2.24, 2.45) is 0 Å². The van der Waals surface area contributed by atoms with Crippen LogP contribution in [0.4, 0.5) is 26.3 Å². The minimum Gasteiger partial charge on any atom is -0.166 e. The van der Waals surface area contributed by atoms with Crippen molar-refractivity contribution >= 4 is 14.4 Å². The lowest BCUT2D eigenvalue weighted by molar-refractivity contribution is -0.143. The van der Waals surface area contributed by atoms with Gasteiger partial charge in [-0.25, -0.2) is 0 Å². The summed E-state index contributed by atoms with van der Waals surface area (Å²) in [5.74, 6) is 0. The molecule has 0 aliphatic heterocycles. The summed E-state index contributed by atoms with van der Waals surface area (Å²) in [4.78, 5) is 0. The molecule has 1 aromatic carbocycles. The van der Waals surface area contributed by atoms with E-state index in [9.17, 15) is 26.3 Å². The Labute approximate surface area is 144 Å². The van der Waals surface area contributed by atoms with Gasteiger partial charge in [0.05, 0.1) is 19.9 Å². The Balaban J connectivity index is 2.65. The average Bonchev–Trinajstić information content (AvgIpc) is 2.89. The zero-order valence-corrected chi connectivity index (χ0v) is 15.4. The normalized spacial score (nSPS) is 16.0. The predicted octanol–water partition coefficient (Wildman–Crippen LogP) is 6.63. The third kappa shape index (κ3) is 4.37. The smallest absolute Gasteiger partial charge is 0.166 e. The molecule has 1 aliphatic carbocycles. The highest BCUT2D eigenvalue weighted by atomic mass is 28.3. The van der Waals surface area contributed by atoms with Crippen LogP contribution >= 0.6 is 0 Å². The molecular weight excluding hydrogens is 358 g/mol. The molecule has 0 aromatic heterocycles. The fourth-order valence-corrected chi connectivity index (χ4v) is 4.79. The minimum atomic E-state index is -4.82. The lowest BCUT2D eigenvalue weighted by atomic mass is 9.95. The first-order chi connectivity index (χ1) is 11.4. The van der Waals surface area contributed by atoms with E-state index in [1.54, 1.807) is 0 Å². The van der Waals surface area contributed by atoms with Gasteiger partial charge in [0.1, 0.15) is 0 Å². The van der Waals surface area contributed by atoms with Gasteiger partial charge in [-0.1, -0.05) is 37.7 Å². The standard InChI is InChI=1S/C18H20F6Si/c1-4-5-15-14(6-7-16(15)25(2)3)11-8-12(17(19,20)21)10-13(9-11)18(22,23)24/h7-10,25H,4-6H2,1-3H3. The Morgan fingerprint density at radius 1 is 0.920 bits per heavy atom. The van der Waals surface area contributed by atoms with Crippen LogP contribution in [0, 0.1) is 0 Å². The largest absolute Gasteiger partial charge is 0.416 e. The Morgan fingerprint density at radius 2 is 1.44 bits per heavy atom. The first-order valence-electron chi connectivity index (χ1n) is 8.17. The van der Waals surface area contributed by atoms with Gasteiger partial charge in [-0.3, -0.25) is 0 Å². The van der Waals surface area contributed by atoms with Gasteiger partial charge >= 0.3 is 12.4 Å². The fourth-order valence-electron chi connectivity index (χ4n) is 3.18. The number of rotatable bonds is 4. The molecule has 0 fully saturated rings. The van der Waals surface area contributed by atoms with E-state index in [1.165, 1.54) is 0 Å². The average molecular weight is 378 g/mol. The summed E-state index contributed by atoms with van der Waals surface area (Å²) in [5.41, 5.74) is -0.926. The van der Waals surface area contributed by atoms with Crippen molar-refractivity contribution in [3.63, 3.8) is 0 Å². The van der Waals surface area contributed by atoms with Crippen LogP contribution in [-0.4, -0.2) is 8.80 Å². The zero-order valence-electron chi connectivity index (χ0n) is 14.3. The van der Waals surface area contributed by atoms with E-state index in [4.69, 9.17) is 0 Å². The number of halogens is 6. The zero-order chi connectivity index (χ0) is 19.0. The highest BCUT2D eigenvalue weighted by Gasteiger charge is 2.37. The van der Waals surface area contributed by atoms with E-state index in [0.29, 0.717) is 18.4 Å². The molecule has 1 aliphatic rings. The molecule has 7 heteroatoms. The van der Waals surface area contributed by atoms with E-state index in [0.717, 1.165) is 29.3 Å². The third-order valence-electron chi connectivity index (χ3n) is 4.30. The van der Waals surface area contributed by atoms with Crippen LogP contribution in [0.25, 0.3) is 5.57 Å². The topological polar surface area (TPSA) is 0 Å². The summed E-state index contributed by atoms with van der Waals surface area (Å²) in [6.07, 6.45) is -5.79. The number of hydrogen-bond acceptors (Lipinski definition) is 0. The van der Waals surface area contributed by atoms with Crippen LogP contribution in [0.3, 0.4) is 0 Å². The second kappa shape index (κ2) is 7.01. The van der Waals surface area contributed by atoms with Crippen LogP contribution in [0.2, 0.25) is 13.1 Å². The van der Waals surface area contributed by atoms with Gasteiger partial charge in [0.15, 0.2) is 0 Å². The number of hydrogen-bond donors (Lipinski definition) is 0. The minimum absolute atomic E-state index is 0.0338. The van der Waals surface area contributed by atoms with E-state index in [1.807, 2.05) is 13.0 Å². The molecule has 0 radical (unpaired) electrons. The second-order valence-electron chi connectivity index (χ2n) is 6.52. The van der Waals surface area contributed by atoms with Crippen molar-refractivity contribution < 1.29 is 26.3 Å². The van der Waals surface area contributed by atoms with Crippen molar-refractivity contribution in [1.82, 2.24) is 0 Å². The molecule has 138 valence electrons. The van der Waals surface area contributed by atoms with Gasteiger partial charge in [-0.05, 0) is 47.8 Å². The first kappa shape index (κ1) is 19.8. The second-order valence-corrected chi connectivity index (χ2v) is 9.45. The highest BCUT2D eigenvalue weighted by Crippen LogP contribution is 2.42. The molecule has 0 spiro atoms. The van der Waals surface area contributed by atoms with Crippen LogP contribution < -0.4 is 0 Å². The molecule has 0 saturated heterocycles. The van der Waals surface area contributed by atoms with E-state index in [2.05, 4.69) is 13.1 Å². The maximum Gasteiger partial charge on any atom is 0.416 e. The van der Waals surface area contributed by atoms with Gasteiger partial charge in [0, 0.05) is 0 Å². The molecule has 2 rings (SSSR count). The quantitative estimate of drug-likeness (QED) is 0.407. The van der Waals surface area contributed by atoms with E-state index < -0.39 is 32.3 Å². The molecule has 0 heterocycles. The van der Waals surface area contributed by atoms with Gasteiger partial charge in [0.2, 0.25) is 0 Å². The summed E-state index contributed by atoms with van der Waals surface area (Å²) in [6.45, 7) is 6.17. The summed E-state index contributed by atoms with van der Waals surface area (Å²) >= 11 is 0. The lowest BCUT2D eigenvalue weighted by Crippen LogP contribution is -2.12. The maximum atomic E-state index is 13.1. The molecule has 0 nitrogen and oxygen atoms in total. The van der Waals surface area contributed by atoms with Crippen LogP contribution in [0.5, 0.6) is 0 Å². The Hall–Kier alpha value is -1.50. The van der Waals surface area contributed by atoms with Crippen molar-refractivity contribution in [2.75, 3.05) is 0 Å². The predicted molar refractivity (Wildman–Crippen MR) is 89.9 cm³/mol. The van der Waals surface area contributed by atoms with Crippen LogP contribution in [0.1, 0.15) is 42.9 Å². The Morgan fingerprint density at radius 3 is 1.84 bits per heavy atom. The van der Waals surface area contributed by atoms with Crippen LogP contribution in [0.15, 0.2) is 35.0 Å². The lowest BCUT2D eigenvalue weighted by Gasteiger charge is -2.17. The SMILES string of the molecule is CCCC1=C(c2cc(C(F)(F)F)cc(C(F)(F)F)c2)CC=C1[SiH](C)C. The molecule has 0 N–H and O–H groups in total. The van der Waals surface area contributed by atoms with Crippen molar-refractivity contribution in [3.8, 4) is 0 Å². The fraction of sp³-hybridized carbons (Fsp3) is 0.444. The molecule has 0 atom stereocenters. The van der Waals surface area contributed by atoms with Crippen molar-refractivity contribution in [3.05, 3.63) is 51.7 Å². The molecule has 0 bridgehead atoms. The van der Waals surface area contributed by atoms with Gasteiger partial charge in [-0.15, -0.1) is 0 Å². The summed E-state index contributed by atoms with van der Waals surface area (Å²) in [7, 11) is -1.21. The summed E-state index contributed by atoms with van der Waals surface area (Å²) < 4.78 is 78.5. The number of alkyl halides is 6. The number of allylic oxidation sites excluding steroid dienone is 4. The molecule has 1 aromatic rings. The Bertz CT molecular complexity index is 675. The van der Waals surface area contributed by atoms with E-state index >= 15 is 0 Å². The first-order valence-corrected chi connectivity index (χ1v) is 11.1. The van der Waals surface area contributed by atoms with E-state index in [-0.39, 0.29) is 11.6 Å². The third-order valence-corrected chi connectivity index (χ3v) is 6.13. The summed E-state index contributed by atoms with van der Waals surface area (Å²) in [6, 6.07) is 1.88. The van der Waals surface area contributed by atoms with Gasteiger partial charge < -0.3 is 0 Å². The van der Waals surface area contributed by atoms with Crippen molar-refractivity contribution in [1.29, 1.82) is 0 Å². The van der Waals surface area contributed by atoms with Crippen molar-refractivity contribution in [2.45, 2.75) is 51.6 Å². The number of benzene rings is 1. The molecule has 0 amide bonds. The summed E-state index contributed by atoms with van der Waals surface area (Å²) in [5, 5.41) is 1.16. The monoisotopic (exact) mass is 378 g/mol.